The van der Waals surface area contributed by atoms with Gasteiger partial charge in [-0.3, -0.25) is 10.2 Å². The van der Waals surface area contributed by atoms with E-state index in [1.54, 1.807) is 7.11 Å². The molecule has 6 nitrogen and oxygen atoms in total. The Morgan fingerprint density at radius 1 is 1.09 bits per heavy atom. The summed E-state index contributed by atoms with van der Waals surface area (Å²) in [6.07, 6.45) is 5.67. The van der Waals surface area contributed by atoms with E-state index in [9.17, 15) is 4.79 Å². The van der Waals surface area contributed by atoms with E-state index in [1.807, 2.05) is 12.1 Å². The molecule has 3 N–H and O–H groups in total. The van der Waals surface area contributed by atoms with Crippen LogP contribution in [0.25, 0.3) is 0 Å². The first kappa shape index (κ1) is 20.9. The van der Waals surface area contributed by atoms with Crippen LogP contribution in [0.15, 0.2) is 36.4 Å². The molecule has 1 amide bonds. The van der Waals surface area contributed by atoms with Gasteiger partial charge in [0.15, 0.2) is 0 Å². The molecule has 2 aromatic carbocycles. The number of nitrogens with zero attached hydrogens (tertiary/aromatic N) is 1. The molecular formula is C28H34N4O2. The number of carbonyl (C=O) groups is 1. The van der Waals surface area contributed by atoms with Gasteiger partial charge in [-0.05, 0) is 97.4 Å². The van der Waals surface area contributed by atoms with Crippen molar-refractivity contribution in [2.45, 2.75) is 56.1 Å². The van der Waals surface area contributed by atoms with E-state index in [-0.39, 0.29) is 11.3 Å². The maximum absolute atomic E-state index is 13.1. The Bertz CT molecular complexity index is 1170. The minimum Gasteiger partial charge on any atom is -0.497 e. The fourth-order valence-electron chi connectivity index (χ4n) is 7.62. The Morgan fingerprint density at radius 3 is 2.88 bits per heavy atom. The van der Waals surface area contributed by atoms with E-state index >= 15 is 0 Å². The number of hydrazine groups is 1. The molecule has 0 bridgehead atoms. The number of benzene rings is 2. The number of hydrogen-bond acceptors (Lipinski definition) is 5. The highest BCUT2D eigenvalue weighted by atomic mass is 16.5. The summed E-state index contributed by atoms with van der Waals surface area (Å²) >= 11 is 0. The minimum absolute atomic E-state index is 0.192. The number of likely N-dealkylation sites (N-methyl/N-ethyl adjacent to an activating group) is 1. The van der Waals surface area contributed by atoms with Gasteiger partial charge in [-0.2, -0.15) is 0 Å². The van der Waals surface area contributed by atoms with Crippen molar-refractivity contribution in [3.8, 4) is 5.75 Å². The standard InChI is InChI=1S/C28H34N4O2/c1-32-10-9-16-3-4-18(11-19(16)15-32)26-21-7-5-17(12-25(21)30-31-26)23-14-28(23)22-13-20(34-2)6-8-24(22)29-27(28)33/h3-4,6,8,11,13,17,21,23,25-26,30-31H,5,7,9-10,12,14-15H2,1-2H3,(H,29,33)/t17?,21?,23-,25?,26?,28-/m0/s1. The van der Waals surface area contributed by atoms with E-state index < -0.39 is 0 Å². The van der Waals surface area contributed by atoms with Crippen LogP contribution in [0, 0.1) is 17.8 Å². The smallest absolute Gasteiger partial charge is 0.235 e. The van der Waals surface area contributed by atoms with Crippen LogP contribution < -0.4 is 20.9 Å². The lowest BCUT2D eigenvalue weighted by atomic mass is 9.72. The van der Waals surface area contributed by atoms with Crippen molar-refractivity contribution in [3.63, 3.8) is 0 Å². The van der Waals surface area contributed by atoms with Crippen molar-refractivity contribution in [1.82, 2.24) is 15.8 Å². The summed E-state index contributed by atoms with van der Waals surface area (Å²) in [4.78, 5) is 15.5. The maximum Gasteiger partial charge on any atom is 0.235 e. The lowest BCUT2D eigenvalue weighted by Gasteiger charge is -2.34. The van der Waals surface area contributed by atoms with E-state index in [1.165, 1.54) is 29.5 Å². The van der Waals surface area contributed by atoms with Crippen molar-refractivity contribution >= 4 is 11.6 Å². The predicted molar refractivity (Wildman–Crippen MR) is 132 cm³/mol. The molecule has 34 heavy (non-hydrogen) atoms. The number of anilines is 1. The van der Waals surface area contributed by atoms with Gasteiger partial charge in [0.25, 0.3) is 0 Å². The minimum atomic E-state index is -0.336. The van der Waals surface area contributed by atoms with Crippen LogP contribution in [0.2, 0.25) is 0 Å². The van der Waals surface area contributed by atoms with Gasteiger partial charge in [0.1, 0.15) is 5.75 Å². The summed E-state index contributed by atoms with van der Waals surface area (Å²) in [5.74, 6) is 2.65. The summed E-state index contributed by atoms with van der Waals surface area (Å²) in [5.41, 5.74) is 13.5. The van der Waals surface area contributed by atoms with Crippen LogP contribution in [0.4, 0.5) is 5.69 Å². The van der Waals surface area contributed by atoms with Gasteiger partial charge in [0.2, 0.25) is 5.91 Å². The van der Waals surface area contributed by atoms with Crippen LogP contribution >= 0.6 is 0 Å². The molecule has 1 spiro atoms. The first-order valence-electron chi connectivity index (χ1n) is 12.9. The van der Waals surface area contributed by atoms with Crippen molar-refractivity contribution < 1.29 is 9.53 Å². The average molecular weight is 459 g/mol. The first-order valence-corrected chi connectivity index (χ1v) is 12.9. The molecule has 178 valence electrons. The summed E-state index contributed by atoms with van der Waals surface area (Å²) < 4.78 is 5.47. The zero-order valence-electron chi connectivity index (χ0n) is 20.1. The largest absolute Gasteiger partial charge is 0.497 e. The Hall–Kier alpha value is -2.41. The van der Waals surface area contributed by atoms with Gasteiger partial charge in [-0.1, -0.05) is 18.2 Å². The second kappa shape index (κ2) is 7.54. The monoisotopic (exact) mass is 458 g/mol. The van der Waals surface area contributed by atoms with E-state index in [0.717, 1.165) is 49.4 Å². The van der Waals surface area contributed by atoms with Gasteiger partial charge in [0.05, 0.1) is 18.6 Å². The number of methoxy groups -OCH3 is 1. The summed E-state index contributed by atoms with van der Waals surface area (Å²) in [7, 11) is 3.91. The second-order valence-corrected chi connectivity index (χ2v) is 11.3. The Morgan fingerprint density at radius 2 is 2.00 bits per heavy atom. The number of amides is 1. The van der Waals surface area contributed by atoms with E-state index in [2.05, 4.69) is 52.4 Å². The highest BCUT2D eigenvalue weighted by Gasteiger charge is 2.67. The highest BCUT2D eigenvalue weighted by Crippen LogP contribution is 2.65. The van der Waals surface area contributed by atoms with Crippen molar-refractivity contribution in [2.24, 2.45) is 17.8 Å². The lowest BCUT2D eigenvalue weighted by Crippen LogP contribution is -2.37. The van der Waals surface area contributed by atoms with Gasteiger partial charge < -0.3 is 15.0 Å². The highest BCUT2D eigenvalue weighted by molar-refractivity contribution is 6.09. The lowest BCUT2D eigenvalue weighted by molar-refractivity contribution is -0.118. The molecule has 3 aliphatic heterocycles. The SMILES string of the molecule is COc1ccc2c(c1)[C@]1(C[C@H]1C1CCC3C(C1)NNC3c1ccc3c(c1)CN(C)CC3)C(=O)N2. The van der Waals surface area contributed by atoms with Crippen molar-refractivity contribution in [1.29, 1.82) is 0 Å². The van der Waals surface area contributed by atoms with Crippen molar-refractivity contribution in [3.05, 3.63) is 58.7 Å². The maximum atomic E-state index is 13.1. The van der Waals surface area contributed by atoms with Gasteiger partial charge in [-0.25, -0.2) is 5.43 Å². The molecular weight excluding hydrogens is 424 g/mol. The summed E-state index contributed by atoms with van der Waals surface area (Å²) in [5, 5.41) is 3.15. The number of rotatable bonds is 3. The van der Waals surface area contributed by atoms with Crippen LogP contribution in [0.1, 0.15) is 54.0 Å². The average Bonchev–Trinajstić information content (AvgIpc) is 3.38. The molecule has 4 unspecified atom stereocenters. The Labute approximate surface area is 201 Å². The number of nitrogens with one attached hydrogen (secondary N) is 3. The van der Waals surface area contributed by atoms with Crippen LogP contribution in [-0.4, -0.2) is 37.6 Å². The quantitative estimate of drug-likeness (QED) is 0.657. The number of carbonyl (C=O) groups excluding carboxylic acids is 1. The molecule has 6 heteroatoms. The topological polar surface area (TPSA) is 65.6 Å². The number of ether oxygens (including phenoxy) is 1. The predicted octanol–water partition coefficient (Wildman–Crippen LogP) is 3.53. The van der Waals surface area contributed by atoms with Gasteiger partial charge in [0, 0.05) is 24.8 Å². The van der Waals surface area contributed by atoms with Crippen LogP contribution in [0.5, 0.6) is 5.75 Å². The molecule has 2 aromatic rings. The normalized spacial score (nSPS) is 36.1. The van der Waals surface area contributed by atoms with Crippen LogP contribution in [0.3, 0.4) is 0 Å². The zero-order chi connectivity index (χ0) is 23.0. The van der Waals surface area contributed by atoms with Gasteiger partial charge in [-0.15, -0.1) is 0 Å². The second-order valence-electron chi connectivity index (χ2n) is 11.3. The summed E-state index contributed by atoms with van der Waals surface area (Å²) in [6, 6.07) is 14.0. The third kappa shape index (κ3) is 3.01. The Balaban J connectivity index is 1.08. The Kier molecular flexibility index (Phi) is 4.64. The molecule has 0 aromatic heterocycles. The molecule has 7 rings (SSSR count). The molecule has 2 saturated carbocycles. The molecule has 5 aliphatic rings. The molecule has 1 saturated heterocycles. The van der Waals surface area contributed by atoms with E-state index in [4.69, 9.17) is 4.74 Å². The molecule has 2 aliphatic carbocycles. The fourth-order valence-corrected chi connectivity index (χ4v) is 7.62. The third-order valence-corrected chi connectivity index (χ3v) is 9.53. The summed E-state index contributed by atoms with van der Waals surface area (Å²) in [6.45, 7) is 2.21. The molecule has 6 atom stereocenters. The molecule has 3 fully saturated rings. The fraction of sp³-hybridized carbons (Fsp3) is 0.536. The number of fused-ring (bicyclic) bond motifs is 4. The van der Waals surface area contributed by atoms with E-state index in [0.29, 0.717) is 29.8 Å². The number of hydrogen-bond donors (Lipinski definition) is 3. The zero-order valence-corrected chi connectivity index (χ0v) is 20.1. The molecule has 0 radical (unpaired) electrons. The van der Waals surface area contributed by atoms with Crippen molar-refractivity contribution in [2.75, 3.05) is 26.0 Å². The molecule has 3 heterocycles. The van der Waals surface area contributed by atoms with Gasteiger partial charge >= 0.3 is 0 Å². The third-order valence-electron chi connectivity index (χ3n) is 9.53. The van der Waals surface area contributed by atoms with Crippen LogP contribution in [-0.2, 0) is 23.2 Å². The first-order chi connectivity index (χ1) is 16.6.